The molecule has 16 heteroatoms. The van der Waals surface area contributed by atoms with Gasteiger partial charge in [0.25, 0.3) is 23.6 Å². The fourth-order valence-electron chi connectivity index (χ4n) is 5.37. The third-order valence-corrected chi connectivity index (χ3v) is 8.96. The number of benzene rings is 1. The number of rotatable bonds is 32. The Balaban J connectivity index is 1.20. The lowest BCUT2D eigenvalue weighted by Crippen LogP contribution is -2.34. The van der Waals surface area contributed by atoms with Gasteiger partial charge < -0.3 is 59.2 Å². The zero-order valence-electron chi connectivity index (χ0n) is 31.3. The van der Waals surface area contributed by atoms with Gasteiger partial charge in [0, 0.05) is 52.6 Å². The van der Waals surface area contributed by atoms with Crippen molar-refractivity contribution in [3.63, 3.8) is 0 Å². The number of carbonyl (C=O) groups excluding carboxylic acids is 4. The second-order valence-corrected chi connectivity index (χ2v) is 13.9. The van der Waals surface area contributed by atoms with Crippen LogP contribution in [0.15, 0.2) is 12.1 Å². The van der Waals surface area contributed by atoms with Gasteiger partial charge in [-0.3, -0.25) is 19.2 Å². The summed E-state index contributed by atoms with van der Waals surface area (Å²) in [7, 11) is 0. The van der Waals surface area contributed by atoms with E-state index in [4.69, 9.17) is 37.9 Å². The van der Waals surface area contributed by atoms with Crippen molar-refractivity contribution in [2.75, 3.05) is 105 Å². The van der Waals surface area contributed by atoms with Crippen LogP contribution in [-0.4, -0.2) is 154 Å². The molecule has 4 atom stereocenters. The van der Waals surface area contributed by atoms with Crippen LogP contribution in [0.5, 0.6) is 0 Å². The van der Waals surface area contributed by atoms with Gasteiger partial charge in [0.15, 0.2) is 0 Å². The van der Waals surface area contributed by atoms with Gasteiger partial charge >= 0.3 is 0 Å². The molecule has 4 N–H and O–H groups in total. The highest BCUT2D eigenvalue weighted by atomic mass is 16.6. The topological polar surface area (TPSA) is 203 Å². The molecule has 0 spiro atoms. The maximum absolute atomic E-state index is 13.6. The Bertz CT molecular complexity index is 1140. The van der Waals surface area contributed by atoms with E-state index < -0.39 is 23.6 Å². The summed E-state index contributed by atoms with van der Waals surface area (Å²) in [4.78, 5) is 54.5. The number of ether oxygens (including phenoxy) is 8. The molecule has 4 fully saturated rings. The number of amides is 4. The minimum Gasteiger partial charge on any atom is -0.379 e. The van der Waals surface area contributed by atoms with E-state index in [0.717, 1.165) is 52.1 Å². The molecule has 16 nitrogen and oxygen atoms in total. The molecule has 54 heavy (non-hydrogen) atoms. The van der Waals surface area contributed by atoms with E-state index in [1.54, 1.807) is 0 Å². The molecular formula is C38H58N4O12. The lowest BCUT2D eigenvalue weighted by molar-refractivity contribution is 0.0901. The summed E-state index contributed by atoms with van der Waals surface area (Å²) in [5.41, 5.74) is 0.0429. The second kappa shape index (κ2) is 23.6. The van der Waals surface area contributed by atoms with E-state index in [2.05, 4.69) is 21.3 Å². The minimum atomic E-state index is -0.516. The number of hydrogen-bond donors (Lipinski definition) is 4. The standard InChI is InChI=1S/C38H58N4O12/c43-35(39-9-1-5-13-47-19-27-23-51-27)31-17-33(37(45)41-11-3-7-15-49-21-29-25-53-29)34(38(46)42-12-4-8-16-50-22-30-26-54-30)18-32(31)36(44)40-10-2-6-14-48-20-28-24-52-28/h17-18,27-30H,1-16,19-26H2,(H,39,43)(H,40,44)(H,41,45)(H,42,46). The molecule has 0 radical (unpaired) electrons. The first-order valence-electron chi connectivity index (χ1n) is 19.6. The summed E-state index contributed by atoms with van der Waals surface area (Å²) in [5, 5.41) is 11.5. The number of carbonyl (C=O) groups is 4. The van der Waals surface area contributed by atoms with Crippen LogP contribution < -0.4 is 21.3 Å². The first kappa shape index (κ1) is 41.9. The molecule has 4 unspecified atom stereocenters. The average Bonchev–Trinajstić information content (AvgIpc) is 3.97. The normalized spacial score (nSPS) is 20.6. The molecule has 4 heterocycles. The highest BCUT2D eigenvalue weighted by molar-refractivity contribution is 6.14. The zero-order chi connectivity index (χ0) is 37.8. The molecule has 4 amide bonds. The van der Waals surface area contributed by atoms with Gasteiger partial charge in [-0.15, -0.1) is 0 Å². The Labute approximate surface area is 317 Å². The smallest absolute Gasteiger partial charge is 0.252 e. The third kappa shape index (κ3) is 17.1. The van der Waals surface area contributed by atoms with Crippen LogP contribution in [0.4, 0.5) is 0 Å². The van der Waals surface area contributed by atoms with Crippen LogP contribution in [0.3, 0.4) is 0 Å². The first-order valence-corrected chi connectivity index (χ1v) is 19.6. The van der Waals surface area contributed by atoms with Gasteiger partial charge in [0.05, 0.1) is 75.1 Å². The summed E-state index contributed by atoms with van der Waals surface area (Å²) in [6.07, 6.45) is 6.27. The van der Waals surface area contributed by atoms with Crippen molar-refractivity contribution in [1.82, 2.24) is 21.3 Å². The van der Waals surface area contributed by atoms with Gasteiger partial charge in [0.1, 0.15) is 24.4 Å². The van der Waals surface area contributed by atoms with E-state index in [1.807, 2.05) is 0 Å². The van der Waals surface area contributed by atoms with Crippen LogP contribution in [-0.2, 0) is 37.9 Å². The molecule has 0 aromatic heterocycles. The van der Waals surface area contributed by atoms with Crippen molar-refractivity contribution in [2.45, 2.75) is 75.8 Å². The van der Waals surface area contributed by atoms with E-state index in [9.17, 15) is 19.2 Å². The predicted molar refractivity (Wildman–Crippen MR) is 195 cm³/mol. The molecule has 302 valence electrons. The molecule has 0 aliphatic carbocycles. The Kier molecular flexibility index (Phi) is 18.4. The monoisotopic (exact) mass is 762 g/mol. The van der Waals surface area contributed by atoms with Crippen LogP contribution >= 0.6 is 0 Å². The number of unbranched alkanes of at least 4 members (excludes halogenated alkanes) is 4. The number of epoxide rings is 4. The maximum Gasteiger partial charge on any atom is 0.252 e. The van der Waals surface area contributed by atoms with Crippen LogP contribution in [0.1, 0.15) is 92.8 Å². The molecule has 4 aliphatic rings. The van der Waals surface area contributed by atoms with Crippen molar-refractivity contribution < 1.29 is 57.1 Å². The van der Waals surface area contributed by atoms with Gasteiger partial charge in [-0.25, -0.2) is 0 Å². The van der Waals surface area contributed by atoms with Crippen molar-refractivity contribution >= 4 is 23.6 Å². The summed E-state index contributed by atoms with van der Waals surface area (Å²) in [6.45, 7) is 8.69. The zero-order valence-corrected chi connectivity index (χ0v) is 31.3. The van der Waals surface area contributed by atoms with E-state index in [-0.39, 0.29) is 46.7 Å². The molecule has 4 saturated heterocycles. The van der Waals surface area contributed by atoms with Gasteiger partial charge in [-0.1, -0.05) is 0 Å². The number of hydrogen-bond acceptors (Lipinski definition) is 12. The largest absolute Gasteiger partial charge is 0.379 e. The molecule has 0 bridgehead atoms. The van der Waals surface area contributed by atoms with Crippen molar-refractivity contribution in [1.29, 1.82) is 0 Å². The van der Waals surface area contributed by atoms with E-state index in [1.165, 1.54) is 12.1 Å². The molecular weight excluding hydrogens is 704 g/mol. The van der Waals surface area contributed by atoms with E-state index >= 15 is 0 Å². The van der Waals surface area contributed by atoms with Gasteiger partial charge in [0.2, 0.25) is 0 Å². The van der Waals surface area contributed by atoms with Crippen LogP contribution in [0.2, 0.25) is 0 Å². The molecule has 1 aromatic rings. The van der Waals surface area contributed by atoms with E-state index in [0.29, 0.717) is 105 Å². The Morgan fingerprint density at radius 3 is 0.852 bits per heavy atom. The summed E-state index contributed by atoms with van der Waals surface area (Å²) < 4.78 is 43.0. The summed E-state index contributed by atoms with van der Waals surface area (Å²) in [6, 6.07) is 2.71. The van der Waals surface area contributed by atoms with Crippen molar-refractivity contribution in [3.05, 3.63) is 34.4 Å². The minimum absolute atomic E-state index is 0.0107. The van der Waals surface area contributed by atoms with Crippen molar-refractivity contribution in [3.8, 4) is 0 Å². The third-order valence-electron chi connectivity index (χ3n) is 8.96. The summed E-state index contributed by atoms with van der Waals surface area (Å²) in [5.74, 6) is -2.06. The first-order chi connectivity index (χ1) is 26.5. The predicted octanol–water partition coefficient (Wildman–Crippen LogP) is 1.39. The quantitative estimate of drug-likeness (QED) is 0.0608. The molecule has 1 aromatic carbocycles. The molecule has 0 saturated carbocycles. The Morgan fingerprint density at radius 2 is 0.648 bits per heavy atom. The Morgan fingerprint density at radius 1 is 0.426 bits per heavy atom. The second-order valence-electron chi connectivity index (χ2n) is 13.9. The highest BCUT2D eigenvalue weighted by Gasteiger charge is 2.27. The lowest BCUT2D eigenvalue weighted by Gasteiger charge is -2.17. The fourth-order valence-corrected chi connectivity index (χ4v) is 5.37. The SMILES string of the molecule is O=C(NCCCCOCC1CO1)c1cc(C(=O)NCCCCOCC2CO2)c(C(=O)NCCCCOCC2CO2)cc1C(=O)NCCCCOCC1CO1. The summed E-state index contributed by atoms with van der Waals surface area (Å²) >= 11 is 0. The van der Waals surface area contributed by atoms with Gasteiger partial charge in [-0.05, 0) is 63.5 Å². The molecule has 4 aliphatic heterocycles. The van der Waals surface area contributed by atoms with Crippen molar-refractivity contribution in [2.24, 2.45) is 0 Å². The maximum atomic E-state index is 13.6. The highest BCUT2D eigenvalue weighted by Crippen LogP contribution is 2.20. The fraction of sp³-hybridized carbons (Fsp3) is 0.737. The number of nitrogens with one attached hydrogen (secondary N) is 4. The average molecular weight is 763 g/mol. The molecule has 5 rings (SSSR count). The van der Waals surface area contributed by atoms with Crippen LogP contribution in [0, 0.1) is 0 Å². The lowest BCUT2D eigenvalue weighted by atomic mass is 9.95. The Hall–Kier alpha value is -3.22. The van der Waals surface area contributed by atoms with Gasteiger partial charge in [-0.2, -0.15) is 0 Å². The van der Waals surface area contributed by atoms with Crippen LogP contribution in [0.25, 0.3) is 0 Å².